The maximum atomic E-state index is 7.51. The molecule has 0 saturated heterocycles. The van der Waals surface area contributed by atoms with E-state index < -0.39 is 0 Å². The summed E-state index contributed by atoms with van der Waals surface area (Å²) in [6, 6.07) is 5.61. The van der Waals surface area contributed by atoms with Crippen molar-refractivity contribution in [1.82, 2.24) is 0 Å². The summed E-state index contributed by atoms with van der Waals surface area (Å²) >= 11 is 0. The fourth-order valence-corrected chi connectivity index (χ4v) is 1.61. The van der Waals surface area contributed by atoms with E-state index in [2.05, 4.69) is 6.92 Å². The smallest absolute Gasteiger partial charge is 0.133 e. The van der Waals surface area contributed by atoms with Crippen molar-refractivity contribution in [3.63, 3.8) is 0 Å². The third kappa shape index (κ3) is 4.37. The fraction of sp³-hybridized carbons (Fsp3) is 0.500. The van der Waals surface area contributed by atoms with Crippen molar-refractivity contribution in [2.75, 3.05) is 19.8 Å². The summed E-state index contributed by atoms with van der Waals surface area (Å²) in [6.45, 7) is 5.89. The Morgan fingerprint density at radius 1 is 1.28 bits per heavy atom. The van der Waals surface area contributed by atoms with E-state index in [1.54, 1.807) is 6.07 Å². The monoisotopic (exact) mass is 250 g/mol. The zero-order valence-corrected chi connectivity index (χ0v) is 11.2. The van der Waals surface area contributed by atoms with Crippen LogP contribution in [0.1, 0.15) is 30.9 Å². The summed E-state index contributed by atoms with van der Waals surface area (Å²) < 4.78 is 11.1. The Morgan fingerprint density at radius 3 is 2.72 bits per heavy atom. The lowest BCUT2D eigenvalue weighted by molar-refractivity contribution is 0.0978. The highest BCUT2D eigenvalue weighted by Gasteiger charge is 2.08. The Hall–Kier alpha value is -1.55. The van der Waals surface area contributed by atoms with Gasteiger partial charge in [0, 0.05) is 6.61 Å². The summed E-state index contributed by atoms with van der Waals surface area (Å²) in [5.74, 6) is 0.713. The van der Waals surface area contributed by atoms with Crippen molar-refractivity contribution in [2.24, 2.45) is 5.73 Å². The van der Waals surface area contributed by atoms with Gasteiger partial charge in [0.05, 0.1) is 12.2 Å². The first kappa shape index (κ1) is 14.5. The van der Waals surface area contributed by atoms with Crippen molar-refractivity contribution in [2.45, 2.75) is 26.7 Å². The average Bonchev–Trinajstić information content (AvgIpc) is 2.34. The van der Waals surface area contributed by atoms with Crippen LogP contribution in [0.5, 0.6) is 5.75 Å². The predicted octanol–water partition coefficient (Wildman–Crippen LogP) is 2.47. The van der Waals surface area contributed by atoms with Crippen molar-refractivity contribution in [3.8, 4) is 5.75 Å². The second kappa shape index (κ2) is 7.71. The predicted molar refractivity (Wildman–Crippen MR) is 73.4 cm³/mol. The lowest BCUT2D eigenvalue weighted by Gasteiger charge is -2.13. The molecule has 0 radical (unpaired) electrons. The number of hydrogen-bond donors (Lipinski definition) is 2. The third-order valence-corrected chi connectivity index (χ3v) is 2.62. The Labute approximate surface area is 109 Å². The minimum absolute atomic E-state index is 0.0283. The van der Waals surface area contributed by atoms with E-state index in [1.165, 1.54) is 0 Å². The van der Waals surface area contributed by atoms with Crippen molar-refractivity contribution in [1.29, 1.82) is 5.41 Å². The van der Waals surface area contributed by atoms with Crippen LogP contribution in [0, 0.1) is 12.3 Å². The second-order valence-electron chi connectivity index (χ2n) is 4.18. The Balaban J connectivity index is 2.48. The van der Waals surface area contributed by atoms with Gasteiger partial charge in [0.15, 0.2) is 0 Å². The molecule has 1 aromatic rings. The number of unbranched alkanes of at least 4 members (excludes halogenated alkanes) is 1. The van der Waals surface area contributed by atoms with E-state index in [0.717, 1.165) is 25.0 Å². The number of nitrogens with two attached hydrogens (primary N) is 1. The molecule has 0 spiro atoms. The van der Waals surface area contributed by atoms with Gasteiger partial charge in [0.2, 0.25) is 0 Å². The van der Waals surface area contributed by atoms with Crippen molar-refractivity contribution in [3.05, 3.63) is 29.3 Å². The molecule has 3 N–H and O–H groups in total. The molecule has 0 atom stereocenters. The molecule has 18 heavy (non-hydrogen) atoms. The fourth-order valence-electron chi connectivity index (χ4n) is 1.61. The molecular formula is C14H22N2O2. The molecule has 0 saturated carbocycles. The number of para-hydroxylation sites is 1. The number of aryl methyl sites for hydroxylation is 1. The summed E-state index contributed by atoms with van der Waals surface area (Å²) in [6.07, 6.45) is 2.20. The molecule has 0 bridgehead atoms. The molecule has 4 nitrogen and oxygen atoms in total. The molecule has 1 aromatic carbocycles. The standard InChI is InChI=1S/C14H22N2O2/c1-3-4-8-17-9-10-18-13-11(2)6-5-7-12(13)14(15)16/h5-7H,3-4,8-10H2,1-2H3,(H3,15,16). The summed E-state index contributed by atoms with van der Waals surface area (Å²) in [4.78, 5) is 0. The van der Waals surface area contributed by atoms with Gasteiger partial charge in [-0.3, -0.25) is 5.41 Å². The molecule has 0 fully saturated rings. The van der Waals surface area contributed by atoms with E-state index in [1.807, 2.05) is 19.1 Å². The number of nitrogens with one attached hydrogen (secondary N) is 1. The minimum atomic E-state index is 0.0283. The van der Waals surface area contributed by atoms with Crippen LogP contribution in [0.4, 0.5) is 0 Å². The van der Waals surface area contributed by atoms with Gasteiger partial charge in [0.1, 0.15) is 18.2 Å². The minimum Gasteiger partial charge on any atom is -0.490 e. The SMILES string of the molecule is CCCCOCCOc1c(C)cccc1C(=N)N. The maximum Gasteiger partial charge on any atom is 0.133 e. The number of nitrogen functional groups attached to an aromatic ring is 1. The molecule has 4 heteroatoms. The van der Waals surface area contributed by atoms with Crippen molar-refractivity contribution < 1.29 is 9.47 Å². The van der Waals surface area contributed by atoms with Crippen LogP contribution in [0.2, 0.25) is 0 Å². The van der Waals surface area contributed by atoms with Gasteiger partial charge in [0.25, 0.3) is 0 Å². The van der Waals surface area contributed by atoms with E-state index in [9.17, 15) is 0 Å². The van der Waals surface area contributed by atoms with Crippen LogP contribution in [-0.2, 0) is 4.74 Å². The number of amidine groups is 1. The molecule has 0 heterocycles. The van der Waals surface area contributed by atoms with Gasteiger partial charge < -0.3 is 15.2 Å². The zero-order valence-electron chi connectivity index (χ0n) is 11.2. The molecule has 1 rings (SSSR count). The molecule has 0 unspecified atom stereocenters. The summed E-state index contributed by atoms with van der Waals surface area (Å²) in [7, 11) is 0. The van der Waals surface area contributed by atoms with Gasteiger partial charge in [-0.05, 0) is 25.0 Å². The van der Waals surface area contributed by atoms with E-state index in [0.29, 0.717) is 24.5 Å². The topological polar surface area (TPSA) is 68.3 Å². The molecule has 100 valence electrons. The normalized spacial score (nSPS) is 10.3. The van der Waals surface area contributed by atoms with Crippen LogP contribution in [0.25, 0.3) is 0 Å². The first-order valence-corrected chi connectivity index (χ1v) is 6.31. The zero-order chi connectivity index (χ0) is 13.4. The van der Waals surface area contributed by atoms with Gasteiger partial charge in [-0.15, -0.1) is 0 Å². The van der Waals surface area contributed by atoms with E-state index in [-0.39, 0.29) is 5.84 Å². The number of hydrogen-bond acceptors (Lipinski definition) is 3. The molecule has 0 aromatic heterocycles. The highest BCUT2D eigenvalue weighted by Crippen LogP contribution is 2.22. The van der Waals surface area contributed by atoms with Gasteiger partial charge in [-0.2, -0.15) is 0 Å². The number of ether oxygens (including phenoxy) is 2. The quantitative estimate of drug-likeness (QED) is 0.423. The van der Waals surface area contributed by atoms with Crippen LogP contribution in [0.3, 0.4) is 0 Å². The lowest BCUT2D eigenvalue weighted by Crippen LogP contribution is -2.15. The first-order chi connectivity index (χ1) is 8.66. The molecule has 0 aliphatic heterocycles. The van der Waals surface area contributed by atoms with E-state index >= 15 is 0 Å². The van der Waals surface area contributed by atoms with Gasteiger partial charge >= 0.3 is 0 Å². The molecule has 0 aliphatic rings. The van der Waals surface area contributed by atoms with Crippen LogP contribution in [0.15, 0.2) is 18.2 Å². The number of benzene rings is 1. The number of rotatable bonds is 8. The molecule has 0 amide bonds. The highest BCUT2D eigenvalue weighted by atomic mass is 16.5. The van der Waals surface area contributed by atoms with E-state index in [4.69, 9.17) is 20.6 Å². The first-order valence-electron chi connectivity index (χ1n) is 6.31. The van der Waals surface area contributed by atoms with Crippen LogP contribution >= 0.6 is 0 Å². The lowest BCUT2D eigenvalue weighted by atomic mass is 10.1. The second-order valence-corrected chi connectivity index (χ2v) is 4.18. The van der Waals surface area contributed by atoms with Gasteiger partial charge in [-0.1, -0.05) is 25.5 Å². The highest BCUT2D eigenvalue weighted by molar-refractivity contribution is 5.98. The Morgan fingerprint density at radius 2 is 2.06 bits per heavy atom. The average molecular weight is 250 g/mol. The Bertz CT molecular complexity index is 391. The van der Waals surface area contributed by atoms with Crippen molar-refractivity contribution >= 4 is 5.84 Å². The van der Waals surface area contributed by atoms with Crippen LogP contribution < -0.4 is 10.5 Å². The third-order valence-electron chi connectivity index (χ3n) is 2.62. The van der Waals surface area contributed by atoms with Gasteiger partial charge in [-0.25, -0.2) is 0 Å². The maximum absolute atomic E-state index is 7.51. The summed E-state index contributed by atoms with van der Waals surface area (Å²) in [5.41, 5.74) is 7.15. The summed E-state index contributed by atoms with van der Waals surface area (Å²) in [5, 5.41) is 7.51. The molecule has 0 aliphatic carbocycles. The van der Waals surface area contributed by atoms with Crippen LogP contribution in [-0.4, -0.2) is 25.7 Å². The molecular weight excluding hydrogens is 228 g/mol. The Kier molecular flexibility index (Phi) is 6.22. The largest absolute Gasteiger partial charge is 0.490 e.